The topological polar surface area (TPSA) is 55.4 Å². The molecule has 2 aromatic carbocycles. The highest BCUT2D eigenvalue weighted by Crippen LogP contribution is 2.31. The zero-order valence-electron chi connectivity index (χ0n) is 11.0. The molecule has 0 unspecified atom stereocenters. The summed E-state index contributed by atoms with van der Waals surface area (Å²) in [5.74, 6) is -0.830. The molecule has 21 heavy (non-hydrogen) atoms. The molecule has 4 nitrogen and oxygen atoms in total. The number of amides is 1. The van der Waals surface area contributed by atoms with Crippen LogP contribution in [0.4, 0.5) is 5.69 Å². The van der Waals surface area contributed by atoms with E-state index in [2.05, 4.69) is 37.2 Å². The third-order valence-corrected chi connectivity index (χ3v) is 3.82. The Morgan fingerprint density at radius 1 is 1.10 bits per heavy atom. The molecular weight excluding hydrogens is 402 g/mol. The van der Waals surface area contributed by atoms with E-state index in [9.17, 15) is 9.59 Å². The van der Waals surface area contributed by atoms with E-state index in [0.717, 1.165) is 0 Å². The molecule has 1 amide bonds. The first kappa shape index (κ1) is 15.7. The fraction of sp³-hybridized carbons (Fsp3) is 0.0667. The second-order valence-corrected chi connectivity index (χ2v) is 5.89. The summed E-state index contributed by atoms with van der Waals surface area (Å²) in [6.07, 6.45) is 0. The molecule has 0 spiro atoms. The minimum Gasteiger partial charge on any atom is -0.465 e. The van der Waals surface area contributed by atoms with Crippen molar-refractivity contribution in [3.8, 4) is 0 Å². The van der Waals surface area contributed by atoms with Gasteiger partial charge < -0.3 is 10.1 Å². The molecule has 0 saturated carbocycles. The monoisotopic (exact) mass is 411 g/mol. The first-order valence-electron chi connectivity index (χ1n) is 5.96. The van der Waals surface area contributed by atoms with E-state index < -0.39 is 5.97 Å². The fourth-order valence-electron chi connectivity index (χ4n) is 1.75. The third-order valence-electron chi connectivity index (χ3n) is 2.73. The standard InChI is InChI=1S/C15H11Br2NO3/c1-21-15(20)11-7-10(16)8-12(17)13(11)18-14(19)9-5-3-2-4-6-9/h2-8H,1H3,(H,18,19). The maximum Gasteiger partial charge on any atom is 0.340 e. The number of carbonyl (C=O) groups is 2. The van der Waals surface area contributed by atoms with Crippen LogP contribution < -0.4 is 5.32 Å². The van der Waals surface area contributed by atoms with Crippen LogP contribution in [0.1, 0.15) is 20.7 Å². The number of hydrogen-bond acceptors (Lipinski definition) is 3. The molecule has 1 N–H and O–H groups in total. The Morgan fingerprint density at radius 2 is 1.76 bits per heavy atom. The number of esters is 1. The van der Waals surface area contributed by atoms with Crippen LogP contribution in [0.15, 0.2) is 51.4 Å². The second kappa shape index (κ2) is 6.87. The average molecular weight is 413 g/mol. The van der Waals surface area contributed by atoms with Crippen LogP contribution >= 0.6 is 31.9 Å². The first-order chi connectivity index (χ1) is 10.0. The lowest BCUT2D eigenvalue weighted by molar-refractivity contribution is 0.0602. The van der Waals surface area contributed by atoms with Crippen molar-refractivity contribution < 1.29 is 14.3 Å². The summed E-state index contributed by atoms with van der Waals surface area (Å²) < 4.78 is 6.03. The highest BCUT2D eigenvalue weighted by Gasteiger charge is 2.18. The largest absolute Gasteiger partial charge is 0.465 e. The molecule has 0 radical (unpaired) electrons. The van der Waals surface area contributed by atoms with Crippen molar-refractivity contribution in [1.82, 2.24) is 0 Å². The predicted octanol–water partition coefficient (Wildman–Crippen LogP) is 4.25. The van der Waals surface area contributed by atoms with Gasteiger partial charge in [0.15, 0.2) is 0 Å². The zero-order valence-corrected chi connectivity index (χ0v) is 14.2. The fourth-order valence-corrected chi connectivity index (χ4v) is 3.07. The lowest BCUT2D eigenvalue weighted by Gasteiger charge is -2.12. The minimum absolute atomic E-state index is 0.267. The van der Waals surface area contributed by atoms with Crippen LogP contribution in [0, 0.1) is 0 Å². The van der Waals surface area contributed by atoms with Gasteiger partial charge in [0, 0.05) is 14.5 Å². The summed E-state index contributed by atoms with van der Waals surface area (Å²) in [6, 6.07) is 12.1. The van der Waals surface area contributed by atoms with Crippen LogP contribution in [0.2, 0.25) is 0 Å². The molecule has 0 fully saturated rings. The zero-order chi connectivity index (χ0) is 15.4. The van der Waals surface area contributed by atoms with E-state index in [1.807, 2.05) is 6.07 Å². The maximum absolute atomic E-state index is 12.2. The van der Waals surface area contributed by atoms with Crippen molar-refractivity contribution in [1.29, 1.82) is 0 Å². The Balaban J connectivity index is 2.40. The molecule has 0 aromatic heterocycles. The van der Waals surface area contributed by atoms with Crippen LogP contribution in [0.3, 0.4) is 0 Å². The SMILES string of the molecule is COC(=O)c1cc(Br)cc(Br)c1NC(=O)c1ccccc1. The van der Waals surface area contributed by atoms with Crippen LogP contribution in [0.25, 0.3) is 0 Å². The van der Waals surface area contributed by atoms with Crippen LogP contribution in [0.5, 0.6) is 0 Å². The number of nitrogens with one attached hydrogen (secondary N) is 1. The summed E-state index contributed by atoms with van der Waals surface area (Å²) in [6.45, 7) is 0. The molecule has 0 bridgehead atoms. The smallest absolute Gasteiger partial charge is 0.340 e. The number of anilines is 1. The number of halogens is 2. The van der Waals surface area contributed by atoms with Gasteiger partial charge in [-0.25, -0.2) is 4.79 Å². The second-order valence-electron chi connectivity index (χ2n) is 4.12. The van der Waals surface area contributed by atoms with Crippen LogP contribution in [-0.4, -0.2) is 19.0 Å². The van der Waals surface area contributed by atoms with E-state index in [4.69, 9.17) is 4.74 Å². The Hall–Kier alpha value is -1.66. The van der Waals surface area contributed by atoms with Crippen molar-refractivity contribution in [2.24, 2.45) is 0 Å². The highest BCUT2D eigenvalue weighted by molar-refractivity contribution is 9.11. The Bertz CT molecular complexity index is 687. The summed E-state index contributed by atoms with van der Waals surface area (Å²) in [5, 5.41) is 2.73. The van der Waals surface area contributed by atoms with Gasteiger partial charge in [0.25, 0.3) is 5.91 Å². The molecule has 0 atom stereocenters. The molecule has 6 heteroatoms. The van der Waals surface area contributed by atoms with Gasteiger partial charge in [0.2, 0.25) is 0 Å². The van der Waals surface area contributed by atoms with E-state index in [0.29, 0.717) is 20.2 Å². The number of ether oxygens (including phenoxy) is 1. The molecular formula is C15H11Br2NO3. The Morgan fingerprint density at radius 3 is 2.38 bits per heavy atom. The third kappa shape index (κ3) is 3.71. The van der Waals surface area contributed by atoms with Gasteiger partial charge in [-0.3, -0.25) is 4.79 Å². The van der Waals surface area contributed by atoms with Crippen molar-refractivity contribution in [3.05, 3.63) is 62.5 Å². The van der Waals surface area contributed by atoms with Crippen molar-refractivity contribution in [2.45, 2.75) is 0 Å². The molecule has 0 aliphatic carbocycles. The Labute approximate surface area is 138 Å². The molecule has 0 heterocycles. The molecule has 0 aliphatic heterocycles. The quantitative estimate of drug-likeness (QED) is 0.766. The van der Waals surface area contributed by atoms with E-state index in [1.54, 1.807) is 36.4 Å². The number of rotatable bonds is 3. The van der Waals surface area contributed by atoms with E-state index in [1.165, 1.54) is 7.11 Å². The number of hydrogen-bond donors (Lipinski definition) is 1. The summed E-state index contributed by atoms with van der Waals surface area (Å²) in [7, 11) is 1.29. The van der Waals surface area contributed by atoms with E-state index >= 15 is 0 Å². The molecule has 0 aliphatic rings. The summed E-state index contributed by atoms with van der Waals surface area (Å²) >= 11 is 6.65. The Kier molecular flexibility index (Phi) is 5.14. The van der Waals surface area contributed by atoms with Gasteiger partial charge in [-0.2, -0.15) is 0 Å². The first-order valence-corrected chi connectivity index (χ1v) is 7.55. The van der Waals surface area contributed by atoms with Crippen molar-refractivity contribution in [3.63, 3.8) is 0 Å². The van der Waals surface area contributed by atoms with E-state index in [-0.39, 0.29) is 11.5 Å². The molecule has 108 valence electrons. The van der Waals surface area contributed by atoms with Gasteiger partial charge in [-0.15, -0.1) is 0 Å². The minimum atomic E-state index is -0.527. The van der Waals surface area contributed by atoms with Crippen LogP contribution in [-0.2, 0) is 4.74 Å². The van der Waals surface area contributed by atoms with Gasteiger partial charge in [0.05, 0.1) is 18.4 Å². The molecule has 0 saturated heterocycles. The predicted molar refractivity (Wildman–Crippen MR) is 87.6 cm³/mol. The summed E-state index contributed by atoms with van der Waals surface area (Å²) in [5.41, 5.74) is 1.14. The lowest BCUT2D eigenvalue weighted by Crippen LogP contribution is -2.16. The van der Waals surface area contributed by atoms with Crippen molar-refractivity contribution in [2.75, 3.05) is 12.4 Å². The summed E-state index contributed by atoms with van der Waals surface area (Å²) in [4.78, 5) is 24.1. The molecule has 2 aromatic rings. The van der Waals surface area contributed by atoms with Gasteiger partial charge in [-0.1, -0.05) is 34.1 Å². The van der Waals surface area contributed by atoms with Gasteiger partial charge in [-0.05, 0) is 40.2 Å². The molecule has 2 rings (SSSR count). The normalized spacial score (nSPS) is 10.0. The average Bonchev–Trinajstić information content (AvgIpc) is 2.49. The van der Waals surface area contributed by atoms with Gasteiger partial charge in [0.1, 0.15) is 0 Å². The van der Waals surface area contributed by atoms with Gasteiger partial charge >= 0.3 is 5.97 Å². The van der Waals surface area contributed by atoms with Crippen molar-refractivity contribution >= 4 is 49.4 Å². The maximum atomic E-state index is 12.2. The number of methoxy groups -OCH3 is 1. The lowest BCUT2D eigenvalue weighted by atomic mass is 10.1. The highest BCUT2D eigenvalue weighted by atomic mass is 79.9. The number of benzene rings is 2. The number of carbonyl (C=O) groups excluding carboxylic acids is 2.